The van der Waals surface area contributed by atoms with Crippen molar-refractivity contribution in [2.75, 3.05) is 51.9 Å². The second-order valence-electron chi connectivity index (χ2n) is 7.70. The Bertz CT molecular complexity index is 1070. The molecule has 1 amide bonds. The van der Waals surface area contributed by atoms with Crippen LogP contribution in [0.25, 0.3) is 11.3 Å². The second-order valence-corrected chi connectivity index (χ2v) is 7.70. The molecule has 8 nitrogen and oxygen atoms in total. The minimum absolute atomic E-state index is 0. The van der Waals surface area contributed by atoms with Crippen LogP contribution in [0, 0.1) is 0 Å². The van der Waals surface area contributed by atoms with Crippen LogP contribution in [0.4, 0.5) is 5.69 Å². The fourth-order valence-electron chi connectivity index (χ4n) is 3.75. The van der Waals surface area contributed by atoms with Crippen molar-refractivity contribution in [3.05, 3.63) is 60.3 Å². The van der Waals surface area contributed by atoms with Crippen molar-refractivity contribution in [3.63, 3.8) is 0 Å². The number of hydrogen-bond acceptors (Lipinski definition) is 5. The zero-order valence-corrected chi connectivity index (χ0v) is 19.6. The van der Waals surface area contributed by atoms with Gasteiger partial charge in [0.1, 0.15) is 37.7 Å². The van der Waals surface area contributed by atoms with Crippen molar-refractivity contribution < 1.29 is 36.3 Å². The molecular formula is C24H29ClN4O4. The van der Waals surface area contributed by atoms with Crippen LogP contribution < -0.4 is 32.1 Å². The first kappa shape index (κ1) is 24.6. The van der Waals surface area contributed by atoms with Gasteiger partial charge in [-0.05, 0) is 42.5 Å². The van der Waals surface area contributed by atoms with Crippen LogP contribution in [0.15, 0.2) is 54.7 Å². The van der Waals surface area contributed by atoms with Gasteiger partial charge in [-0.2, -0.15) is 5.10 Å². The van der Waals surface area contributed by atoms with Crippen molar-refractivity contribution in [3.8, 4) is 22.8 Å². The van der Waals surface area contributed by atoms with Gasteiger partial charge in [-0.25, -0.2) is 0 Å². The third-order valence-electron chi connectivity index (χ3n) is 5.58. The maximum atomic E-state index is 12.8. The lowest BCUT2D eigenvalue weighted by Crippen LogP contribution is -3.14. The first-order valence-electron chi connectivity index (χ1n) is 10.8. The molecule has 2 N–H and O–H groups in total. The SMILES string of the molecule is COc1cccc(C(=O)Nc2ccc(OCC[NH+]3CCOCC3)c(-c3ccnn3C)c2)c1.[Cl-]. The van der Waals surface area contributed by atoms with Gasteiger partial charge in [0, 0.05) is 30.1 Å². The molecule has 0 spiro atoms. The maximum Gasteiger partial charge on any atom is 0.255 e. The number of aromatic nitrogens is 2. The quantitative estimate of drug-likeness (QED) is 0.424. The molecule has 0 aliphatic carbocycles. The number of ether oxygens (including phenoxy) is 3. The van der Waals surface area contributed by atoms with E-state index in [1.165, 1.54) is 4.90 Å². The highest BCUT2D eigenvalue weighted by atomic mass is 35.5. The lowest BCUT2D eigenvalue weighted by Gasteiger charge is -2.24. The van der Waals surface area contributed by atoms with E-state index in [-0.39, 0.29) is 18.3 Å². The third kappa shape index (κ3) is 6.25. The van der Waals surface area contributed by atoms with E-state index in [4.69, 9.17) is 14.2 Å². The number of carbonyl (C=O) groups is 1. The maximum absolute atomic E-state index is 12.8. The molecule has 1 aliphatic rings. The average molecular weight is 473 g/mol. The molecule has 9 heteroatoms. The minimum atomic E-state index is -0.204. The van der Waals surface area contributed by atoms with E-state index in [9.17, 15) is 4.79 Å². The molecule has 176 valence electrons. The zero-order valence-electron chi connectivity index (χ0n) is 18.8. The Morgan fingerprint density at radius 3 is 2.73 bits per heavy atom. The standard InChI is InChI=1S/C24H28N4O4.ClH/c1-27-22(8-9-25-27)21-17-19(26-24(29)18-4-3-5-20(16-18)30-2)6-7-23(21)32-15-12-28-10-13-31-14-11-28;/h3-9,16-17H,10-15H2,1-2H3,(H,26,29);1H. The summed E-state index contributed by atoms with van der Waals surface area (Å²) in [6.07, 6.45) is 1.75. The topological polar surface area (TPSA) is 79.1 Å². The molecule has 2 aromatic carbocycles. The van der Waals surface area contributed by atoms with Crippen LogP contribution in [0.2, 0.25) is 0 Å². The molecule has 3 aromatic rings. The van der Waals surface area contributed by atoms with Gasteiger partial charge in [0.15, 0.2) is 0 Å². The van der Waals surface area contributed by atoms with Gasteiger partial charge < -0.3 is 36.8 Å². The number of morpholine rings is 1. The Morgan fingerprint density at radius 2 is 2.00 bits per heavy atom. The molecule has 0 saturated carbocycles. The molecule has 0 bridgehead atoms. The summed E-state index contributed by atoms with van der Waals surface area (Å²) in [5, 5.41) is 7.26. The number of quaternary nitrogens is 1. The Labute approximate surface area is 199 Å². The zero-order chi connectivity index (χ0) is 22.3. The lowest BCUT2D eigenvalue weighted by molar-refractivity contribution is -0.908. The summed E-state index contributed by atoms with van der Waals surface area (Å²) in [5.41, 5.74) is 3.00. The average Bonchev–Trinajstić information content (AvgIpc) is 3.26. The van der Waals surface area contributed by atoms with E-state index >= 15 is 0 Å². The fourth-order valence-corrected chi connectivity index (χ4v) is 3.75. The van der Waals surface area contributed by atoms with Crippen LogP contribution in [0.1, 0.15) is 10.4 Å². The number of anilines is 1. The van der Waals surface area contributed by atoms with Crippen molar-refractivity contribution >= 4 is 11.6 Å². The largest absolute Gasteiger partial charge is 1.00 e. The summed E-state index contributed by atoms with van der Waals surface area (Å²) >= 11 is 0. The van der Waals surface area contributed by atoms with E-state index in [1.54, 1.807) is 36.2 Å². The van der Waals surface area contributed by atoms with Crippen molar-refractivity contribution in [1.29, 1.82) is 0 Å². The summed E-state index contributed by atoms with van der Waals surface area (Å²) < 4.78 is 18.6. The normalized spacial score (nSPS) is 13.8. The first-order valence-corrected chi connectivity index (χ1v) is 10.8. The van der Waals surface area contributed by atoms with Gasteiger partial charge in [-0.3, -0.25) is 9.48 Å². The Kier molecular flexibility index (Phi) is 8.71. The number of halogens is 1. The number of aryl methyl sites for hydroxylation is 1. The van der Waals surface area contributed by atoms with Crippen LogP contribution in [0.3, 0.4) is 0 Å². The molecule has 1 fully saturated rings. The Hall–Kier alpha value is -3.07. The Balaban J connectivity index is 0.00000306. The Morgan fingerprint density at radius 1 is 1.18 bits per heavy atom. The van der Waals surface area contributed by atoms with E-state index in [2.05, 4.69) is 10.4 Å². The number of methoxy groups -OCH3 is 1. The predicted molar refractivity (Wildman–Crippen MR) is 121 cm³/mol. The van der Waals surface area contributed by atoms with Gasteiger partial charge in [0.2, 0.25) is 0 Å². The molecule has 0 atom stereocenters. The van der Waals surface area contributed by atoms with Gasteiger partial charge in [0.25, 0.3) is 5.91 Å². The van der Waals surface area contributed by atoms with Crippen LogP contribution in [-0.4, -0.2) is 62.3 Å². The van der Waals surface area contributed by atoms with E-state index in [1.807, 2.05) is 37.4 Å². The summed E-state index contributed by atoms with van der Waals surface area (Å²) in [5.74, 6) is 1.20. The fraction of sp³-hybridized carbons (Fsp3) is 0.333. The number of amides is 1. The van der Waals surface area contributed by atoms with Crippen LogP contribution >= 0.6 is 0 Å². The summed E-state index contributed by atoms with van der Waals surface area (Å²) in [6.45, 7) is 5.15. The molecule has 0 radical (unpaired) electrons. The van der Waals surface area contributed by atoms with Gasteiger partial charge in [-0.15, -0.1) is 0 Å². The molecule has 0 unspecified atom stereocenters. The number of nitrogens with one attached hydrogen (secondary N) is 2. The predicted octanol–water partition coefficient (Wildman–Crippen LogP) is -1.35. The van der Waals surface area contributed by atoms with E-state index < -0.39 is 0 Å². The van der Waals surface area contributed by atoms with Gasteiger partial charge >= 0.3 is 0 Å². The molecule has 4 rings (SSSR count). The van der Waals surface area contributed by atoms with Crippen molar-refractivity contribution in [2.24, 2.45) is 7.05 Å². The molecule has 1 saturated heterocycles. The molecular weight excluding hydrogens is 444 g/mol. The number of nitrogens with zero attached hydrogens (tertiary/aromatic N) is 2. The molecule has 1 aromatic heterocycles. The lowest BCUT2D eigenvalue weighted by atomic mass is 10.1. The van der Waals surface area contributed by atoms with Crippen LogP contribution in [-0.2, 0) is 11.8 Å². The van der Waals surface area contributed by atoms with E-state index in [0.29, 0.717) is 23.6 Å². The van der Waals surface area contributed by atoms with Crippen LogP contribution in [0.5, 0.6) is 11.5 Å². The summed E-state index contributed by atoms with van der Waals surface area (Å²) in [7, 11) is 3.47. The summed E-state index contributed by atoms with van der Waals surface area (Å²) in [4.78, 5) is 14.2. The molecule has 33 heavy (non-hydrogen) atoms. The third-order valence-corrected chi connectivity index (χ3v) is 5.58. The summed E-state index contributed by atoms with van der Waals surface area (Å²) in [6, 6.07) is 14.7. The van der Waals surface area contributed by atoms with Gasteiger partial charge in [-0.1, -0.05) is 6.07 Å². The monoisotopic (exact) mass is 472 g/mol. The smallest absolute Gasteiger partial charge is 0.255 e. The highest BCUT2D eigenvalue weighted by Crippen LogP contribution is 2.32. The molecule has 1 aliphatic heterocycles. The first-order chi connectivity index (χ1) is 15.6. The minimum Gasteiger partial charge on any atom is -1.00 e. The molecule has 2 heterocycles. The van der Waals surface area contributed by atoms with E-state index in [0.717, 1.165) is 49.9 Å². The van der Waals surface area contributed by atoms with Crippen molar-refractivity contribution in [1.82, 2.24) is 9.78 Å². The highest BCUT2D eigenvalue weighted by molar-refractivity contribution is 6.04. The van der Waals surface area contributed by atoms with Gasteiger partial charge in [0.05, 0.1) is 26.0 Å². The number of benzene rings is 2. The number of hydrogen-bond donors (Lipinski definition) is 2. The second kappa shape index (κ2) is 11.7. The number of carbonyl (C=O) groups excluding carboxylic acids is 1. The van der Waals surface area contributed by atoms with Crippen molar-refractivity contribution in [2.45, 2.75) is 0 Å². The number of rotatable bonds is 8. The highest BCUT2D eigenvalue weighted by Gasteiger charge is 2.16.